The van der Waals surface area contributed by atoms with E-state index >= 15 is 0 Å². The molecule has 0 bridgehead atoms. The fourth-order valence-corrected chi connectivity index (χ4v) is 2.81. The Hall–Kier alpha value is -0.910. The number of sulfonamides is 1. The maximum atomic E-state index is 11.8. The molecule has 88 valence electrons. The number of fused-ring (bicyclic) bond motifs is 1. The van der Waals surface area contributed by atoms with Crippen molar-refractivity contribution in [1.82, 2.24) is 4.89 Å². The third kappa shape index (κ3) is 2.26. The summed E-state index contributed by atoms with van der Waals surface area (Å²) in [5.74, 6) is 0. The molecule has 0 spiro atoms. The van der Waals surface area contributed by atoms with E-state index in [4.69, 9.17) is 4.84 Å². The molecule has 0 saturated carbocycles. The second-order valence-corrected chi connectivity index (χ2v) is 5.45. The molecule has 1 aliphatic carbocycles. The zero-order chi connectivity index (χ0) is 11.6. The Kier molecular flexibility index (Phi) is 3.28. The highest BCUT2D eigenvalue weighted by molar-refractivity contribution is 7.89. The lowest BCUT2D eigenvalue weighted by Gasteiger charge is -2.07. The number of aryl methyl sites for hydroxylation is 2. The first-order valence-corrected chi connectivity index (χ1v) is 6.87. The summed E-state index contributed by atoms with van der Waals surface area (Å²) in [6.45, 7) is 2.04. The van der Waals surface area contributed by atoms with Gasteiger partial charge in [-0.3, -0.25) is 4.84 Å². The number of hydrogen-bond acceptors (Lipinski definition) is 3. The SMILES string of the molecule is CCONS(=O)(=O)c1ccc2c(c1)CCC2. The average molecular weight is 241 g/mol. The summed E-state index contributed by atoms with van der Waals surface area (Å²) in [4.78, 5) is 7.10. The lowest BCUT2D eigenvalue weighted by Crippen LogP contribution is -2.24. The van der Waals surface area contributed by atoms with Crippen LogP contribution in [-0.4, -0.2) is 15.0 Å². The number of nitrogens with one attached hydrogen (secondary N) is 1. The Bertz CT molecular complexity index is 482. The van der Waals surface area contributed by atoms with Crippen LogP contribution < -0.4 is 4.89 Å². The van der Waals surface area contributed by atoms with Crippen LogP contribution in [0.5, 0.6) is 0 Å². The molecule has 1 aliphatic rings. The molecule has 0 aromatic heterocycles. The highest BCUT2D eigenvalue weighted by Gasteiger charge is 2.18. The minimum absolute atomic E-state index is 0.279. The van der Waals surface area contributed by atoms with Gasteiger partial charge in [-0.15, -0.1) is 0 Å². The van der Waals surface area contributed by atoms with Gasteiger partial charge in [0.2, 0.25) is 0 Å². The standard InChI is InChI=1S/C11H15NO3S/c1-2-15-12-16(13,14)11-7-6-9-4-3-5-10(9)8-11/h6-8,12H,2-5H2,1H3. The molecule has 5 heteroatoms. The van der Waals surface area contributed by atoms with Gasteiger partial charge < -0.3 is 0 Å². The largest absolute Gasteiger partial charge is 0.287 e. The molecule has 0 saturated heterocycles. The zero-order valence-corrected chi connectivity index (χ0v) is 10.0. The maximum absolute atomic E-state index is 11.8. The van der Waals surface area contributed by atoms with Crippen LogP contribution in [0.15, 0.2) is 23.1 Å². The summed E-state index contributed by atoms with van der Waals surface area (Å²) < 4.78 is 23.5. The van der Waals surface area contributed by atoms with Crippen molar-refractivity contribution in [1.29, 1.82) is 0 Å². The molecule has 0 atom stereocenters. The lowest BCUT2D eigenvalue weighted by atomic mass is 10.1. The Balaban J connectivity index is 2.27. The second kappa shape index (κ2) is 4.53. The predicted molar refractivity (Wildman–Crippen MR) is 60.4 cm³/mol. The molecule has 0 unspecified atom stereocenters. The third-order valence-electron chi connectivity index (χ3n) is 2.69. The Morgan fingerprint density at radius 3 is 2.81 bits per heavy atom. The van der Waals surface area contributed by atoms with Crippen LogP contribution in [0.3, 0.4) is 0 Å². The fraction of sp³-hybridized carbons (Fsp3) is 0.455. The van der Waals surface area contributed by atoms with Gasteiger partial charge in [0.05, 0.1) is 11.5 Å². The van der Waals surface area contributed by atoms with Gasteiger partial charge in [0.15, 0.2) is 0 Å². The molecule has 0 fully saturated rings. The number of benzene rings is 1. The number of rotatable bonds is 4. The van der Waals surface area contributed by atoms with Crippen molar-refractivity contribution in [3.8, 4) is 0 Å². The van der Waals surface area contributed by atoms with Crippen LogP contribution in [0.25, 0.3) is 0 Å². The van der Waals surface area contributed by atoms with Crippen molar-refractivity contribution < 1.29 is 13.3 Å². The molecule has 0 aliphatic heterocycles. The van der Waals surface area contributed by atoms with E-state index in [1.54, 1.807) is 19.1 Å². The van der Waals surface area contributed by atoms with Crippen LogP contribution in [0.1, 0.15) is 24.5 Å². The molecule has 1 aromatic rings. The zero-order valence-electron chi connectivity index (χ0n) is 9.19. The highest BCUT2D eigenvalue weighted by Crippen LogP contribution is 2.24. The summed E-state index contributed by atoms with van der Waals surface area (Å²) in [5, 5.41) is 0. The smallest absolute Gasteiger partial charge is 0.262 e. The molecule has 1 N–H and O–H groups in total. The minimum Gasteiger partial charge on any atom is -0.287 e. The third-order valence-corrected chi connectivity index (χ3v) is 3.91. The van der Waals surface area contributed by atoms with Gasteiger partial charge in [-0.2, -0.15) is 0 Å². The van der Waals surface area contributed by atoms with Crippen molar-refractivity contribution in [3.63, 3.8) is 0 Å². The topological polar surface area (TPSA) is 55.4 Å². The molecule has 2 rings (SSSR count). The molecule has 0 heterocycles. The summed E-state index contributed by atoms with van der Waals surface area (Å²) in [5.41, 5.74) is 2.40. The van der Waals surface area contributed by atoms with E-state index in [0.717, 1.165) is 24.8 Å². The Labute approximate surface area is 95.6 Å². The van der Waals surface area contributed by atoms with Crippen LogP contribution in [0.2, 0.25) is 0 Å². The lowest BCUT2D eigenvalue weighted by molar-refractivity contribution is 0.105. The summed E-state index contributed by atoms with van der Waals surface area (Å²) in [6.07, 6.45) is 3.12. The average Bonchev–Trinajstić information content (AvgIpc) is 2.73. The van der Waals surface area contributed by atoms with Gasteiger partial charge >= 0.3 is 0 Å². The van der Waals surface area contributed by atoms with Crippen molar-refractivity contribution in [3.05, 3.63) is 29.3 Å². The quantitative estimate of drug-likeness (QED) is 0.811. The predicted octanol–water partition coefficient (Wildman–Crippen LogP) is 1.41. The van der Waals surface area contributed by atoms with E-state index < -0.39 is 10.0 Å². The first-order chi connectivity index (χ1) is 7.63. The van der Waals surface area contributed by atoms with Gasteiger partial charge in [-0.25, -0.2) is 8.42 Å². The van der Waals surface area contributed by atoms with Gasteiger partial charge in [0.1, 0.15) is 0 Å². The maximum Gasteiger partial charge on any atom is 0.262 e. The summed E-state index contributed by atoms with van der Waals surface area (Å²) >= 11 is 0. The molecular formula is C11H15NO3S. The fourth-order valence-electron chi connectivity index (χ4n) is 1.90. The molecular weight excluding hydrogens is 226 g/mol. The molecule has 0 amide bonds. The van der Waals surface area contributed by atoms with E-state index in [2.05, 4.69) is 4.89 Å². The van der Waals surface area contributed by atoms with Crippen molar-refractivity contribution >= 4 is 10.0 Å². The Morgan fingerprint density at radius 2 is 2.06 bits per heavy atom. The normalized spacial score (nSPS) is 15.1. The monoisotopic (exact) mass is 241 g/mol. The molecule has 0 radical (unpaired) electrons. The van der Waals surface area contributed by atoms with Gasteiger partial charge in [0, 0.05) is 0 Å². The molecule has 16 heavy (non-hydrogen) atoms. The highest BCUT2D eigenvalue weighted by atomic mass is 32.2. The molecule has 4 nitrogen and oxygen atoms in total. The van der Waals surface area contributed by atoms with E-state index in [-0.39, 0.29) is 4.90 Å². The minimum atomic E-state index is -3.52. The summed E-state index contributed by atoms with van der Waals surface area (Å²) in [7, 11) is -3.52. The van der Waals surface area contributed by atoms with Crippen LogP contribution in [0, 0.1) is 0 Å². The van der Waals surface area contributed by atoms with E-state index in [1.165, 1.54) is 5.56 Å². The molecule has 1 aromatic carbocycles. The first kappa shape index (κ1) is 11.6. The first-order valence-electron chi connectivity index (χ1n) is 5.39. The van der Waals surface area contributed by atoms with Crippen LogP contribution in [-0.2, 0) is 27.7 Å². The van der Waals surface area contributed by atoms with Gasteiger partial charge in [-0.1, -0.05) is 11.0 Å². The van der Waals surface area contributed by atoms with E-state index in [1.807, 2.05) is 6.07 Å². The number of hydrogen-bond donors (Lipinski definition) is 1. The van der Waals surface area contributed by atoms with Gasteiger partial charge in [0.25, 0.3) is 10.0 Å². The van der Waals surface area contributed by atoms with Crippen molar-refractivity contribution in [2.24, 2.45) is 0 Å². The summed E-state index contributed by atoms with van der Waals surface area (Å²) in [6, 6.07) is 5.26. The van der Waals surface area contributed by atoms with Crippen LogP contribution >= 0.6 is 0 Å². The van der Waals surface area contributed by atoms with E-state index in [9.17, 15) is 8.42 Å². The Morgan fingerprint density at radius 1 is 1.31 bits per heavy atom. The van der Waals surface area contributed by atoms with Crippen molar-refractivity contribution in [2.45, 2.75) is 31.1 Å². The van der Waals surface area contributed by atoms with Crippen molar-refractivity contribution in [2.75, 3.05) is 6.61 Å². The van der Waals surface area contributed by atoms with E-state index in [0.29, 0.717) is 6.61 Å². The van der Waals surface area contributed by atoms with Crippen LogP contribution in [0.4, 0.5) is 0 Å². The van der Waals surface area contributed by atoms with Gasteiger partial charge in [-0.05, 0) is 49.4 Å². The second-order valence-electron chi connectivity index (χ2n) is 3.80.